The van der Waals surface area contributed by atoms with Gasteiger partial charge in [-0.1, -0.05) is 61.5 Å². The Kier molecular flexibility index (Phi) is 8.47. The van der Waals surface area contributed by atoms with Gasteiger partial charge in [0.2, 0.25) is 5.91 Å². The van der Waals surface area contributed by atoms with Gasteiger partial charge >= 0.3 is 0 Å². The summed E-state index contributed by atoms with van der Waals surface area (Å²) < 4.78 is 5.12. The maximum Gasteiger partial charge on any atom is 0.225 e. The molecule has 24 heavy (non-hydrogen) atoms. The van der Waals surface area contributed by atoms with E-state index in [0.717, 1.165) is 16.7 Å². The van der Waals surface area contributed by atoms with Gasteiger partial charge < -0.3 is 15.8 Å². The Morgan fingerprint density at radius 2 is 1.79 bits per heavy atom. The molecule has 0 aliphatic heterocycles. The van der Waals surface area contributed by atoms with Crippen LogP contribution in [0.5, 0.6) is 0 Å². The summed E-state index contributed by atoms with van der Waals surface area (Å²) in [6.45, 7) is 2.91. The molecular formula is C19H25ClN2O2. The van der Waals surface area contributed by atoms with E-state index >= 15 is 0 Å². The molecule has 2 atom stereocenters. The first kappa shape index (κ1) is 20.2. The van der Waals surface area contributed by atoms with Gasteiger partial charge in [0.05, 0.1) is 12.5 Å². The topological polar surface area (TPSA) is 64.3 Å². The van der Waals surface area contributed by atoms with E-state index in [2.05, 4.69) is 5.32 Å². The summed E-state index contributed by atoms with van der Waals surface area (Å²) >= 11 is 0. The largest absolute Gasteiger partial charge is 0.380 e. The van der Waals surface area contributed by atoms with Crippen molar-refractivity contribution in [2.24, 2.45) is 11.7 Å². The highest BCUT2D eigenvalue weighted by Gasteiger charge is 2.21. The van der Waals surface area contributed by atoms with Gasteiger partial charge in [-0.05, 0) is 16.7 Å². The van der Waals surface area contributed by atoms with Gasteiger partial charge in [0, 0.05) is 19.7 Å². The molecule has 2 aromatic rings. The molecule has 0 heterocycles. The number of hydrogen-bond donors (Lipinski definition) is 2. The Balaban J connectivity index is 0.00000288. The number of halogens is 1. The SMILES string of the molecule is COCc1cccc(CNC(=O)C(C)C(N)c2ccccc2)c1.Cl. The number of carbonyl (C=O) groups excluding carboxylic acids is 1. The van der Waals surface area contributed by atoms with E-state index in [9.17, 15) is 4.79 Å². The lowest BCUT2D eigenvalue weighted by Gasteiger charge is -2.20. The van der Waals surface area contributed by atoms with Crippen molar-refractivity contribution < 1.29 is 9.53 Å². The molecule has 4 nitrogen and oxygen atoms in total. The predicted molar refractivity (Wildman–Crippen MR) is 98.8 cm³/mol. The van der Waals surface area contributed by atoms with Crippen LogP contribution < -0.4 is 11.1 Å². The summed E-state index contributed by atoms with van der Waals surface area (Å²) in [6.07, 6.45) is 0. The third-order valence-corrected chi connectivity index (χ3v) is 3.91. The van der Waals surface area contributed by atoms with Crippen molar-refractivity contribution in [1.82, 2.24) is 5.32 Å². The summed E-state index contributed by atoms with van der Waals surface area (Å²) in [5, 5.41) is 2.96. The fraction of sp³-hybridized carbons (Fsp3) is 0.316. The van der Waals surface area contributed by atoms with Crippen LogP contribution in [0.15, 0.2) is 54.6 Å². The number of rotatable bonds is 7. The third-order valence-electron chi connectivity index (χ3n) is 3.91. The Hall–Kier alpha value is -1.88. The van der Waals surface area contributed by atoms with Crippen LogP contribution in [0, 0.1) is 5.92 Å². The molecule has 130 valence electrons. The fourth-order valence-corrected chi connectivity index (χ4v) is 2.47. The van der Waals surface area contributed by atoms with E-state index in [4.69, 9.17) is 10.5 Å². The molecular weight excluding hydrogens is 324 g/mol. The van der Waals surface area contributed by atoms with E-state index in [1.54, 1.807) is 7.11 Å². The second kappa shape index (κ2) is 10.1. The van der Waals surface area contributed by atoms with Crippen LogP contribution in [0.4, 0.5) is 0 Å². The molecule has 3 N–H and O–H groups in total. The first-order valence-corrected chi connectivity index (χ1v) is 7.77. The number of nitrogens with two attached hydrogens (primary N) is 1. The van der Waals surface area contributed by atoms with Gasteiger partial charge in [0.25, 0.3) is 0 Å². The highest BCUT2D eigenvalue weighted by molar-refractivity contribution is 5.85. The predicted octanol–water partition coefficient (Wildman–Crippen LogP) is 3.21. The van der Waals surface area contributed by atoms with Crippen LogP contribution >= 0.6 is 12.4 Å². The summed E-state index contributed by atoms with van der Waals surface area (Å²) in [7, 11) is 1.67. The van der Waals surface area contributed by atoms with Crippen molar-refractivity contribution in [3.05, 3.63) is 71.3 Å². The third kappa shape index (κ3) is 5.64. The molecule has 0 fully saturated rings. The van der Waals surface area contributed by atoms with Gasteiger partial charge in [-0.3, -0.25) is 4.79 Å². The summed E-state index contributed by atoms with van der Waals surface area (Å²) in [5.41, 5.74) is 9.30. The molecule has 0 aromatic heterocycles. The Morgan fingerprint density at radius 1 is 1.12 bits per heavy atom. The van der Waals surface area contributed by atoms with Crippen molar-refractivity contribution in [2.45, 2.75) is 26.1 Å². The van der Waals surface area contributed by atoms with Crippen LogP contribution in [-0.2, 0) is 22.7 Å². The van der Waals surface area contributed by atoms with Gasteiger partial charge in [-0.25, -0.2) is 0 Å². The monoisotopic (exact) mass is 348 g/mol. The number of amides is 1. The number of methoxy groups -OCH3 is 1. The number of ether oxygens (including phenoxy) is 1. The zero-order valence-corrected chi connectivity index (χ0v) is 14.9. The van der Waals surface area contributed by atoms with E-state index in [-0.39, 0.29) is 30.3 Å². The van der Waals surface area contributed by atoms with Gasteiger partial charge in [-0.2, -0.15) is 0 Å². The first-order chi connectivity index (χ1) is 11.1. The van der Waals surface area contributed by atoms with E-state index in [0.29, 0.717) is 13.2 Å². The van der Waals surface area contributed by atoms with Crippen molar-refractivity contribution in [3.63, 3.8) is 0 Å². The molecule has 0 bridgehead atoms. The number of carbonyl (C=O) groups is 1. The lowest BCUT2D eigenvalue weighted by molar-refractivity contribution is -0.125. The smallest absolute Gasteiger partial charge is 0.225 e. The van der Waals surface area contributed by atoms with Crippen LogP contribution in [-0.4, -0.2) is 13.0 Å². The van der Waals surface area contributed by atoms with Crippen molar-refractivity contribution >= 4 is 18.3 Å². The molecule has 1 amide bonds. The average molecular weight is 349 g/mol. The highest BCUT2D eigenvalue weighted by atomic mass is 35.5. The maximum absolute atomic E-state index is 12.3. The number of hydrogen-bond acceptors (Lipinski definition) is 3. The van der Waals surface area contributed by atoms with Crippen LogP contribution in [0.2, 0.25) is 0 Å². The van der Waals surface area contributed by atoms with Crippen LogP contribution in [0.1, 0.15) is 29.7 Å². The second-order valence-corrected chi connectivity index (χ2v) is 5.70. The van der Waals surface area contributed by atoms with E-state index in [1.165, 1.54) is 0 Å². The standard InChI is InChI=1S/C19H24N2O2.ClH/c1-14(18(20)17-9-4-3-5-10-17)19(22)21-12-15-7-6-8-16(11-15)13-23-2;/h3-11,14,18H,12-13,20H2,1-2H3,(H,21,22);1H. The Labute approximate surface area is 149 Å². The number of benzene rings is 2. The molecule has 2 rings (SSSR count). The highest BCUT2D eigenvalue weighted by Crippen LogP contribution is 2.19. The van der Waals surface area contributed by atoms with Crippen LogP contribution in [0.3, 0.4) is 0 Å². The fourth-order valence-electron chi connectivity index (χ4n) is 2.47. The van der Waals surface area contributed by atoms with Crippen molar-refractivity contribution in [1.29, 1.82) is 0 Å². The second-order valence-electron chi connectivity index (χ2n) is 5.70. The first-order valence-electron chi connectivity index (χ1n) is 7.77. The van der Waals surface area contributed by atoms with Crippen molar-refractivity contribution in [2.75, 3.05) is 7.11 Å². The lowest BCUT2D eigenvalue weighted by Crippen LogP contribution is -2.35. The maximum atomic E-state index is 12.3. The van der Waals surface area contributed by atoms with Gasteiger partial charge in [0.1, 0.15) is 0 Å². The van der Waals surface area contributed by atoms with Gasteiger partial charge in [-0.15, -0.1) is 12.4 Å². The zero-order chi connectivity index (χ0) is 16.7. The lowest BCUT2D eigenvalue weighted by atomic mass is 9.94. The minimum atomic E-state index is -0.309. The van der Waals surface area contributed by atoms with Crippen LogP contribution in [0.25, 0.3) is 0 Å². The van der Waals surface area contributed by atoms with E-state index in [1.807, 2.05) is 61.5 Å². The van der Waals surface area contributed by atoms with Gasteiger partial charge in [0.15, 0.2) is 0 Å². The zero-order valence-electron chi connectivity index (χ0n) is 14.1. The molecule has 0 aliphatic carbocycles. The number of nitrogens with one attached hydrogen (secondary N) is 1. The summed E-state index contributed by atoms with van der Waals surface area (Å²) in [5.74, 6) is -0.335. The molecule has 5 heteroatoms. The van der Waals surface area contributed by atoms with E-state index < -0.39 is 0 Å². The molecule has 0 saturated heterocycles. The molecule has 2 unspecified atom stereocenters. The quantitative estimate of drug-likeness (QED) is 0.807. The molecule has 0 aliphatic rings. The summed E-state index contributed by atoms with van der Waals surface area (Å²) in [6, 6.07) is 17.4. The normalized spacial score (nSPS) is 12.8. The minimum Gasteiger partial charge on any atom is -0.380 e. The van der Waals surface area contributed by atoms with Crippen molar-refractivity contribution in [3.8, 4) is 0 Å². The minimum absolute atomic E-state index is 0. The Bertz CT molecular complexity index is 634. The Morgan fingerprint density at radius 3 is 2.46 bits per heavy atom. The molecule has 2 aromatic carbocycles. The molecule has 0 saturated carbocycles. The molecule has 0 spiro atoms. The average Bonchev–Trinajstić information content (AvgIpc) is 2.60. The summed E-state index contributed by atoms with van der Waals surface area (Å²) in [4.78, 5) is 12.3. The molecule has 0 radical (unpaired) electrons.